The van der Waals surface area contributed by atoms with Gasteiger partial charge < -0.3 is 0 Å². The molecule has 0 aromatic heterocycles. The van der Waals surface area contributed by atoms with Gasteiger partial charge >= 0.3 is 0 Å². The van der Waals surface area contributed by atoms with Crippen LogP contribution in [0.2, 0.25) is 0 Å². The smallest absolute Gasteiger partial charge is 0.284 e. The van der Waals surface area contributed by atoms with Crippen LogP contribution in [0.3, 0.4) is 0 Å². The fraction of sp³-hybridized carbons (Fsp3) is 0.333. The van der Waals surface area contributed by atoms with Crippen LogP contribution in [-0.2, 0) is 10.1 Å². The van der Waals surface area contributed by atoms with E-state index in [1.54, 1.807) is 5.92 Å². The number of alkyl halides is 1. The van der Waals surface area contributed by atoms with Gasteiger partial charge in [-0.1, -0.05) is 21.9 Å². The molecule has 1 unspecified atom stereocenters. The van der Waals surface area contributed by atoms with Gasteiger partial charge in [-0.2, -0.15) is 8.42 Å². The summed E-state index contributed by atoms with van der Waals surface area (Å²) in [5, 5.41) is 0. The van der Waals surface area contributed by atoms with Gasteiger partial charge in [0.15, 0.2) is 0 Å². The molecule has 0 aliphatic rings. The maximum atomic E-state index is 9.93. The first-order valence-corrected chi connectivity index (χ1v) is 3.97. The normalized spacial score (nSPS) is 14.6. The first-order chi connectivity index (χ1) is 3.48. The quantitative estimate of drug-likeness (QED) is 0.373. The predicted octanol–water partition coefficient (Wildman–Crippen LogP) is 0.228. The Morgan fingerprint density at radius 2 is 2.12 bits per heavy atom. The fourth-order valence-corrected chi connectivity index (χ4v) is 0.258. The SMILES string of the molecule is C#CC(Br)S(=O)(=O)O. The molecule has 0 aromatic rings. The molecule has 0 aromatic carbocycles. The van der Waals surface area contributed by atoms with Crippen molar-refractivity contribution < 1.29 is 13.0 Å². The highest BCUT2D eigenvalue weighted by atomic mass is 79.9. The van der Waals surface area contributed by atoms with E-state index in [2.05, 4.69) is 22.4 Å². The third kappa shape index (κ3) is 2.31. The van der Waals surface area contributed by atoms with Crippen LogP contribution in [0.4, 0.5) is 0 Å². The Labute approximate surface area is 56.0 Å². The lowest BCUT2D eigenvalue weighted by molar-refractivity contribution is 0.485. The van der Waals surface area contributed by atoms with Crippen molar-refractivity contribution in [2.24, 2.45) is 0 Å². The molecule has 0 rings (SSSR count). The van der Waals surface area contributed by atoms with Gasteiger partial charge in [0.05, 0.1) is 0 Å². The second kappa shape index (κ2) is 2.49. The molecular formula is C3H3BrO3S. The number of terminal acetylenes is 1. The number of halogens is 1. The van der Waals surface area contributed by atoms with Gasteiger partial charge in [-0.05, 0) is 0 Å². The largest absolute Gasteiger partial charge is 0.289 e. The summed E-state index contributed by atoms with van der Waals surface area (Å²) in [5.74, 6) is 1.78. The number of hydrogen-bond donors (Lipinski definition) is 1. The Morgan fingerprint density at radius 1 is 1.75 bits per heavy atom. The highest BCUT2D eigenvalue weighted by Crippen LogP contribution is 2.03. The lowest BCUT2D eigenvalue weighted by Crippen LogP contribution is -2.09. The van der Waals surface area contributed by atoms with Crippen molar-refractivity contribution in [3.8, 4) is 12.3 Å². The van der Waals surface area contributed by atoms with E-state index < -0.39 is 14.3 Å². The summed E-state index contributed by atoms with van der Waals surface area (Å²) in [7, 11) is -4.07. The number of rotatable bonds is 1. The Morgan fingerprint density at radius 3 is 2.12 bits per heavy atom. The summed E-state index contributed by atoms with van der Waals surface area (Å²) in [5.41, 5.74) is 0. The van der Waals surface area contributed by atoms with E-state index in [1.807, 2.05) is 0 Å². The highest BCUT2D eigenvalue weighted by molar-refractivity contribution is 9.11. The lowest BCUT2D eigenvalue weighted by Gasteiger charge is -1.92. The second-order valence-electron chi connectivity index (χ2n) is 0.998. The van der Waals surface area contributed by atoms with Gasteiger partial charge in [-0.25, -0.2) is 0 Å². The van der Waals surface area contributed by atoms with Gasteiger partial charge in [0, 0.05) is 0 Å². The minimum absolute atomic E-state index is 1.28. The third-order valence-electron chi connectivity index (χ3n) is 0.393. The Kier molecular flexibility index (Phi) is 2.47. The standard InChI is InChI=1S/C3H3BrO3S/c1-2-3(4)8(5,6)7/h1,3H,(H,5,6,7). The Bertz CT molecular complexity index is 199. The molecule has 3 nitrogen and oxygen atoms in total. The van der Waals surface area contributed by atoms with Crippen molar-refractivity contribution >= 4 is 26.0 Å². The van der Waals surface area contributed by atoms with Gasteiger partial charge in [-0.15, -0.1) is 6.42 Å². The van der Waals surface area contributed by atoms with E-state index in [9.17, 15) is 8.42 Å². The van der Waals surface area contributed by atoms with Gasteiger partial charge in [0.25, 0.3) is 10.1 Å². The lowest BCUT2D eigenvalue weighted by atomic mass is 10.8. The third-order valence-corrected chi connectivity index (χ3v) is 2.73. The van der Waals surface area contributed by atoms with Crippen LogP contribution in [-0.4, -0.2) is 17.1 Å². The van der Waals surface area contributed by atoms with Crippen molar-refractivity contribution in [2.45, 2.75) is 4.16 Å². The first kappa shape index (κ1) is 7.95. The van der Waals surface area contributed by atoms with Crippen molar-refractivity contribution in [1.82, 2.24) is 0 Å². The molecule has 46 valence electrons. The minimum atomic E-state index is -4.07. The molecule has 1 atom stereocenters. The van der Waals surface area contributed by atoms with E-state index >= 15 is 0 Å². The van der Waals surface area contributed by atoms with Gasteiger partial charge in [0.2, 0.25) is 4.16 Å². The van der Waals surface area contributed by atoms with Crippen molar-refractivity contribution in [3.63, 3.8) is 0 Å². The summed E-state index contributed by atoms with van der Waals surface area (Å²) >= 11 is 2.52. The maximum Gasteiger partial charge on any atom is 0.289 e. The first-order valence-electron chi connectivity index (χ1n) is 1.55. The van der Waals surface area contributed by atoms with Crippen LogP contribution in [0, 0.1) is 12.3 Å². The monoisotopic (exact) mass is 198 g/mol. The molecule has 1 N–H and O–H groups in total. The topological polar surface area (TPSA) is 54.4 Å². The summed E-state index contributed by atoms with van der Waals surface area (Å²) in [6.07, 6.45) is 4.62. The zero-order valence-electron chi connectivity index (χ0n) is 3.70. The average Bonchev–Trinajstić information content (AvgIpc) is 1.62. The maximum absolute atomic E-state index is 9.93. The van der Waals surface area contributed by atoms with Gasteiger partial charge in [-0.3, -0.25) is 4.55 Å². The summed E-state index contributed by atoms with van der Waals surface area (Å²) in [6, 6.07) is 0. The molecule has 0 aliphatic carbocycles. The molecule has 5 heteroatoms. The van der Waals surface area contributed by atoms with Crippen LogP contribution in [0.1, 0.15) is 0 Å². The zero-order valence-corrected chi connectivity index (χ0v) is 6.11. The van der Waals surface area contributed by atoms with Crippen molar-refractivity contribution in [1.29, 1.82) is 0 Å². The summed E-state index contributed by atoms with van der Waals surface area (Å²) in [6.45, 7) is 0. The van der Waals surface area contributed by atoms with Gasteiger partial charge in [0.1, 0.15) is 0 Å². The highest BCUT2D eigenvalue weighted by Gasteiger charge is 2.14. The molecule has 0 radical (unpaired) electrons. The van der Waals surface area contributed by atoms with Crippen LogP contribution in [0.25, 0.3) is 0 Å². The molecular weight excluding hydrogens is 196 g/mol. The van der Waals surface area contributed by atoms with Crippen molar-refractivity contribution in [2.75, 3.05) is 0 Å². The Balaban J connectivity index is 4.34. The van der Waals surface area contributed by atoms with E-state index in [0.717, 1.165) is 0 Å². The molecule has 8 heavy (non-hydrogen) atoms. The zero-order chi connectivity index (χ0) is 6.78. The van der Waals surface area contributed by atoms with Crippen LogP contribution in [0.5, 0.6) is 0 Å². The van der Waals surface area contributed by atoms with Crippen LogP contribution >= 0.6 is 15.9 Å². The molecule has 0 saturated carbocycles. The van der Waals surface area contributed by atoms with Crippen LogP contribution in [0.15, 0.2) is 0 Å². The molecule has 0 saturated heterocycles. The molecule has 0 fully saturated rings. The average molecular weight is 199 g/mol. The van der Waals surface area contributed by atoms with Crippen molar-refractivity contribution in [3.05, 3.63) is 0 Å². The summed E-state index contributed by atoms with van der Waals surface area (Å²) in [4.78, 5) is 0. The van der Waals surface area contributed by atoms with E-state index in [-0.39, 0.29) is 0 Å². The number of hydrogen-bond acceptors (Lipinski definition) is 2. The second-order valence-corrected chi connectivity index (χ2v) is 4.02. The molecule has 0 spiro atoms. The van der Waals surface area contributed by atoms with E-state index in [0.29, 0.717) is 0 Å². The molecule has 0 bridgehead atoms. The Hall–Kier alpha value is -0.0500. The minimum Gasteiger partial charge on any atom is -0.284 e. The fourth-order valence-electron chi connectivity index (χ4n) is 0.0860. The molecule has 0 amide bonds. The molecule has 0 aliphatic heterocycles. The van der Waals surface area contributed by atoms with Crippen LogP contribution < -0.4 is 0 Å². The van der Waals surface area contributed by atoms with E-state index in [4.69, 9.17) is 4.55 Å². The predicted molar refractivity (Wildman–Crippen MR) is 33.1 cm³/mol. The summed E-state index contributed by atoms with van der Waals surface area (Å²) < 4.78 is 26.6. The van der Waals surface area contributed by atoms with E-state index in [1.165, 1.54) is 0 Å². The molecule has 0 heterocycles.